The first-order valence-corrected chi connectivity index (χ1v) is 27.2. The van der Waals surface area contributed by atoms with Gasteiger partial charge in [0, 0.05) is 61.9 Å². The molecule has 1 atom stereocenters. The van der Waals surface area contributed by atoms with E-state index in [0.29, 0.717) is 59.7 Å². The molecule has 5 aromatic rings. The van der Waals surface area contributed by atoms with Crippen molar-refractivity contribution >= 4 is 58.8 Å². The van der Waals surface area contributed by atoms with Crippen LogP contribution in [0.2, 0.25) is 0 Å². The van der Waals surface area contributed by atoms with Crippen molar-refractivity contribution in [2.75, 3.05) is 56.1 Å². The molecule has 5 amide bonds. The van der Waals surface area contributed by atoms with Crippen LogP contribution in [0.4, 0.5) is 34.9 Å². The molecule has 9 rings (SSSR count). The highest BCUT2D eigenvalue weighted by Gasteiger charge is 2.47. The number of hydrogen-bond donors (Lipinski definition) is 5. The van der Waals surface area contributed by atoms with Gasteiger partial charge in [0.25, 0.3) is 11.8 Å². The third-order valence-corrected chi connectivity index (χ3v) is 14.6. The topological polar surface area (TPSA) is 261 Å². The van der Waals surface area contributed by atoms with Gasteiger partial charge in [0.15, 0.2) is 0 Å². The molecule has 0 saturated carbocycles. The van der Waals surface area contributed by atoms with Crippen LogP contribution in [0.5, 0.6) is 0 Å². The predicted octanol–water partition coefficient (Wildman–Crippen LogP) is 6.50. The Bertz CT molecular complexity index is 2950. The van der Waals surface area contributed by atoms with Crippen LogP contribution in [0.15, 0.2) is 66.1 Å². The van der Waals surface area contributed by atoms with Gasteiger partial charge >= 0.3 is 6.18 Å². The van der Waals surface area contributed by atoms with Gasteiger partial charge in [-0.25, -0.2) is 14.4 Å². The molecule has 26 heteroatoms. The van der Waals surface area contributed by atoms with Crippen molar-refractivity contribution in [2.45, 2.75) is 128 Å². The third-order valence-electron chi connectivity index (χ3n) is 13.8. The molecule has 79 heavy (non-hydrogen) atoms. The van der Waals surface area contributed by atoms with E-state index in [9.17, 15) is 42.3 Å². The van der Waals surface area contributed by atoms with Crippen LogP contribution in [0, 0.1) is 11.2 Å². The van der Waals surface area contributed by atoms with Crippen molar-refractivity contribution in [2.24, 2.45) is 11.1 Å². The molecule has 4 aliphatic heterocycles. The molecular formula is C53H68F4N14O7S. The highest BCUT2D eigenvalue weighted by Crippen LogP contribution is 2.44. The summed E-state index contributed by atoms with van der Waals surface area (Å²) in [7, 11) is 0. The lowest BCUT2D eigenvalue weighted by Crippen LogP contribution is -2.54. The Labute approximate surface area is 459 Å². The van der Waals surface area contributed by atoms with Gasteiger partial charge in [-0.2, -0.15) is 18.3 Å². The number of rotatable bonds is 19. The molecule has 2 aromatic carbocycles. The highest BCUT2D eigenvalue weighted by atomic mass is 32.2. The number of piperidine rings is 3. The molecule has 1 unspecified atom stereocenters. The van der Waals surface area contributed by atoms with Crippen LogP contribution in [0.1, 0.15) is 118 Å². The monoisotopic (exact) mass is 1120 g/mol. The summed E-state index contributed by atoms with van der Waals surface area (Å²) in [6.07, 6.45) is 5.88. The van der Waals surface area contributed by atoms with Gasteiger partial charge in [-0.05, 0) is 113 Å². The largest absolute Gasteiger partial charge is 0.419 e. The van der Waals surface area contributed by atoms with E-state index in [4.69, 9.17) is 10.5 Å². The maximum absolute atomic E-state index is 15.2. The van der Waals surface area contributed by atoms with Gasteiger partial charge in [0.2, 0.25) is 23.7 Å². The number of aromatic nitrogens is 7. The quantitative estimate of drug-likeness (QED) is 0.0256. The molecule has 1 spiro atoms. The lowest BCUT2D eigenvalue weighted by molar-refractivity contribution is -0.138. The van der Waals surface area contributed by atoms with Gasteiger partial charge < -0.3 is 30.7 Å². The third kappa shape index (κ3) is 15.5. The molecule has 3 aromatic heterocycles. The Balaban J connectivity index is 0.00000106. The average molecular weight is 1120 g/mol. The minimum absolute atomic E-state index is 0.0369. The molecule has 426 valence electrons. The Morgan fingerprint density at radius 3 is 2.37 bits per heavy atom. The Morgan fingerprint density at radius 1 is 0.975 bits per heavy atom. The van der Waals surface area contributed by atoms with Crippen LogP contribution < -0.4 is 26.0 Å². The summed E-state index contributed by atoms with van der Waals surface area (Å²) < 4.78 is 68.9. The lowest BCUT2D eigenvalue weighted by atomic mass is 9.71. The number of amides is 5. The number of fused-ring (bicyclic) bond motifs is 1. The summed E-state index contributed by atoms with van der Waals surface area (Å²) >= 11 is 1.18. The van der Waals surface area contributed by atoms with Crippen molar-refractivity contribution < 1.29 is 51.4 Å². The molecule has 7 heterocycles. The van der Waals surface area contributed by atoms with Crippen LogP contribution in [0.25, 0.3) is 11.3 Å². The van der Waals surface area contributed by atoms with E-state index in [1.807, 2.05) is 37.7 Å². The summed E-state index contributed by atoms with van der Waals surface area (Å²) in [4.78, 5) is 75.2. The molecule has 3 saturated heterocycles. The minimum atomic E-state index is -4.76. The number of anilines is 3. The first-order chi connectivity index (χ1) is 37.7. The number of nitrogens with one attached hydrogen (secondary N) is 3. The second kappa shape index (κ2) is 26.4. The number of alkyl halides is 3. The zero-order valence-corrected chi connectivity index (χ0v) is 45.8. The standard InChI is InChI=1S/C47H53F4N13O6S.C4H9NO.C2H6/c1-45(2,69)28-63-25-29(23-53-63)40-33(47(49,50)51)24-52-44(57-40)55-35-7-6-31(22-34(35)48)71-54-14-21-70-27-30-26-62(59-58-30)20-19-60-15-10-46(11-16-60)12-17-61(18-13-46)36-5-3-4-32-39(36)43(68)64(42(32)67)37-8-9-38(65)56-41(37)66;1-2-3-4(5)6;1-2/h3-7,22-26,37,54,69H,8-21,27-28H2,1-2H3,(H,52,55,57)(H,56,65,66);2-3H2,1H3,(H2,5,6);1-2H3. The number of nitrogens with zero attached hydrogens (tertiary/aromatic N) is 10. The maximum Gasteiger partial charge on any atom is 0.419 e. The first kappa shape index (κ1) is 59.8. The minimum Gasteiger partial charge on any atom is -0.389 e. The van der Waals surface area contributed by atoms with E-state index in [2.05, 4.69) is 50.5 Å². The molecular weight excluding hydrogens is 1050 g/mol. The van der Waals surface area contributed by atoms with Crippen LogP contribution in [-0.4, -0.2) is 137 Å². The van der Waals surface area contributed by atoms with Crippen LogP contribution in [0.3, 0.4) is 0 Å². The van der Waals surface area contributed by atoms with Crippen molar-refractivity contribution in [3.8, 4) is 11.3 Å². The number of carbonyl (C=O) groups excluding carboxylic acids is 5. The molecule has 6 N–H and O–H groups in total. The number of primary amides is 1. The fraction of sp³-hybridized carbons (Fsp3) is 0.509. The predicted molar refractivity (Wildman–Crippen MR) is 286 cm³/mol. The molecule has 0 aliphatic carbocycles. The summed E-state index contributed by atoms with van der Waals surface area (Å²) in [5.41, 5.74) is 4.33. The molecule has 0 radical (unpaired) electrons. The number of imide groups is 2. The number of nitrogens with two attached hydrogens (primary N) is 1. The summed E-state index contributed by atoms with van der Waals surface area (Å²) in [5.74, 6) is -3.14. The van der Waals surface area contributed by atoms with Crippen molar-refractivity contribution in [1.82, 2.24) is 54.6 Å². The number of hydrogen-bond acceptors (Lipinski definition) is 17. The van der Waals surface area contributed by atoms with Crippen LogP contribution >= 0.6 is 11.9 Å². The lowest BCUT2D eigenvalue weighted by Gasteiger charge is -2.47. The fourth-order valence-electron chi connectivity index (χ4n) is 9.78. The van der Waals surface area contributed by atoms with Crippen LogP contribution in [-0.2, 0) is 45.0 Å². The van der Waals surface area contributed by atoms with Gasteiger partial charge in [0.1, 0.15) is 23.1 Å². The summed E-state index contributed by atoms with van der Waals surface area (Å²) in [6.45, 7) is 15.0. The van der Waals surface area contributed by atoms with Gasteiger partial charge in [-0.3, -0.25) is 48.3 Å². The van der Waals surface area contributed by atoms with E-state index in [1.54, 1.807) is 32.0 Å². The number of ether oxygens (including phenoxy) is 1. The van der Waals surface area contributed by atoms with Gasteiger partial charge in [0.05, 0.1) is 72.5 Å². The number of aliphatic hydroxyl groups is 1. The molecule has 21 nitrogen and oxygen atoms in total. The van der Waals surface area contributed by atoms with Crippen molar-refractivity contribution in [1.29, 1.82) is 0 Å². The number of likely N-dealkylation sites (tertiary alicyclic amines) is 1. The fourth-order valence-corrected chi connectivity index (χ4v) is 10.4. The molecule has 4 aliphatic rings. The molecule has 3 fully saturated rings. The van der Waals surface area contributed by atoms with Crippen molar-refractivity contribution in [3.63, 3.8) is 0 Å². The second-order valence-corrected chi connectivity index (χ2v) is 21.1. The zero-order valence-electron chi connectivity index (χ0n) is 44.9. The first-order valence-electron chi connectivity index (χ1n) is 26.4. The molecule has 0 bridgehead atoms. The Morgan fingerprint density at radius 2 is 1.71 bits per heavy atom. The van der Waals surface area contributed by atoms with Gasteiger partial charge in [-0.1, -0.05) is 32.1 Å². The van der Waals surface area contributed by atoms with E-state index in [1.165, 1.54) is 41.2 Å². The normalized spacial score (nSPS) is 17.5. The zero-order chi connectivity index (χ0) is 57.1. The second-order valence-electron chi connectivity index (χ2n) is 20.2. The SMILES string of the molecule is CC.CC(C)(O)Cn1cc(-c2nc(Nc3ccc(SNCCOCc4cn(CCN5CCC6(CC5)CCN(c5cccc7c5C(=O)N(C5CCC(=O)NC5=O)C7=O)CC6)nn4)cc3F)ncc2C(F)(F)F)cn1.CCCC(N)=O. The highest BCUT2D eigenvalue weighted by molar-refractivity contribution is 7.97. The van der Waals surface area contributed by atoms with Crippen molar-refractivity contribution in [3.05, 3.63) is 89.4 Å². The number of benzene rings is 2. The Kier molecular flexibility index (Phi) is 20.0. The van der Waals surface area contributed by atoms with Gasteiger partial charge in [-0.15, -0.1) is 5.10 Å². The summed E-state index contributed by atoms with van der Waals surface area (Å²) in [5, 5.41) is 27.6. The Hall–Kier alpha value is -6.87. The summed E-state index contributed by atoms with van der Waals surface area (Å²) in [6, 6.07) is 8.62. The smallest absolute Gasteiger partial charge is 0.389 e. The van der Waals surface area contributed by atoms with E-state index < -0.39 is 58.5 Å². The number of carbonyl (C=O) groups is 5. The van der Waals surface area contributed by atoms with E-state index in [-0.39, 0.29) is 54.5 Å². The maximum atomic E-state index is 15.2. The average Bonchev–Trinajstić information content (AvgIpc) is 4.22. The van der Waals surface area contributed by atoms with E-state index in [0.717, 1.165) is 69.7 Å². The number of halogens is 4. The van der Waals surface area contributed by atoms with E-state index >= 15 is 4.39 Å².